The normalized spacial score (nSPS) is 11.7. The summed E-state index contributed by atoms with van der Waals surface area (Å²) >= 11 is 1.58. The smallest absolute Gasteiger partial charge is 0.252 e. The first-order chi connectivity index (χ1) is 7.97. The summed E-state index contributed by atoms with van der Waals surface area (Å²) in [7, 11) is 0. The standard InChI is InChI=1S/C13H16N2OS/c1-13(2,14)8-15-12(16)10-7-17-11-6-4-3-5-9(10)11/h3-7H,8,14H2,1-2H3,(H,15,16). The number of fused-ring (bicyclic) bond motifs is 1. The van der Waals surface area contributed by atoms with Crippen LogP contribution >= 0.6 is 11.3 Å². The van der Waals surface area contributed by atoms with Crippen LogP contribution in [-0.4, -0.2) is 18.0 Å². The highest BCUT2D eigenvalue weighted by molar-refractivity contribution is 7.17. The van der Waals surface area contributed by atoms with Crippen molar-refractivity contribution in [3.63, 3.8) is 0 Å². The molecule has 1 aromatic heterocycles. The van der Waals surface area contributed by atoms with Gasteiger partial charge in [0.05, 0.1) is 5.56 Å². The number of carbonyl (C=O) groups is 1. The molecular weight excluding hydrogens is 232 g/mol. The van der Waals surface area contributed by atoms with Crippen LogP contribution in [0.2, 0.25) is 0 Å². The van der Waals surface area contributed by atoms with Gasteiger partial charge in [-0.2, -0.15) is 0 Å². The number of nitrogens with two attached hydrogens (primary N) is 1. The molecule has 0 saturated heterocycles. The average molecular weight is 248 g/mol. The minimum absolute atomic E-state index is 0.0547. The summed E-state index contributed by atoms with van der Waals surface area (Å²) < 4.78 is 1.13. The summed E-state index contributed by atoms with van der Waals surface area (Å²) in [6, 6.07) is 7.90. The van der Waals surface area contributed by atoms with Crippen molar-refractivity contribution in [1.29, 1.82) is 0 Å². The molecule has 0 unspecified atom stereocenters. The zero-order valence-corrected chi connectivity index (χ0v) is 10.8. The molecule has 17 heavy (non-hydrogen) atoms. The van der Waals surface area contributed by atoms with E-state index in [0.717, 1.165) is 15.6 Å². The third-order valence-electron chi connectivity index (χ3n) is 2.43. The predicted molar refractivity (Wildman–Crippen MR) is 72.4 cm³/mol. The molecule has 1 amide bonds. The Kier molecular flexibility index (Phi) is 3.17. The molecule has 0 aliphatic carbocycles. The first-order valence-electron chi connectivity index (χ1n) is 5.51. The largest absolute Gasteiger partial charge is 0.350 e. The first kappa shape index (κ1) is 12.1. The number of thiophene rings is 1. The molecule has 3 N–H and O–H groups in total. The lowest BCUT2D eigenvalue weighted by atomic mass is 10.1. The Hall–Kier alpha value is -1.39. The van der Waals surface area contributed by atoms with Crippen LogP contribution in [0.5, 0.6) is 0 Å². The number of amides is 1. The van der Waals surface area contributed by atoms with E-state index in [9.17, 15) is 4.79 Å². The molecule has 0 bridgehead atoms. The van der Waals surface area contributed by atoms with Crippen molar-refractivity contribution in [2.45, 2.75) is 19.4 Å². The predicted octanol–water partition coefficient (Wildman–Crippen LogP) is 2.37. The van der Waals surface area contributed by atoms with Crippen LogP contribution in [0.4, 0.5) is 0 Å². The lowest BCUT2D eigenvalue weighted by molar-refractivity contribution is 0.0948. The van der Waals surface area contributed by atoms with Gasteiger partial charge >= 0.3 is 0 Å². The van der Waals surface area contributed by atoms with Crippen molar-refractivity contribution in [3.8, 4) is 0 Å². The summed E-state index contributed by atoms with van der Waals surface area (Å²) in [5.74, 6) is -0.0547. The summed E-state index contributed by atoms with van der Waals surface area (Å²) in [4.78, 5) is 12.0. The minimum atomic E-state index is -0.387. The number of hydrogen-bond acceptors (Lipinski definition) is 3. The lowest BCUT2D eigenvalue weighted by Gasteiger charge is -2.18. The Morgan fingerprint density at radius 3 is 2.82 bits per heavy atom. The van der Waals surface area contributed by atoms with Gasteiger partial charge in [0.15, 0.2) is 0 Å². The van der Waals surface area contributed by atoms with Crippen molar-refractivity contribution in [3.05, 3.63) is 35.2 Å². The monoisotopic (exact) mass is 248 g/mol. The topological polar surface area (TPSA) is 55.1 Å². The molecule has 1 aromatic carbocycles. The van der Waals surface area contributed by atoms with Crippen LogP contribution in [0.3, 0.4) is 0 Å². The van der Waals surface area contributed by atoms with Crippen molar-refractivity contribution in [2.24, 2.45) is 5.73 Å². The number of benzene rings is 1. The second-order valence-corrected chi connectivity index (χ2v) is 5.73. The molecule has 0 fully saturated rings. The first-order valence-corrected chi connectivity index (χ1v) is 6.39. The van der Waals surface area contributed by atoms with Gasteiger partial charge in [0.25, 0.3) is 5.91 Å². The van der Waals surface area contributed by atoms with Gasteiger partial charge in [0.2, 0.25) is 0 Å². The molecule has 4 heteroatoms. The number of carbonyl (C=O) groups excluding carboxylic acids is 1. The molecule has 0 spiro atoms. The van der Waals surface area contributed by atoms with E-state index in [4.69, 9.17) is 5.73 Å². The molecular formula is C13H16N2OS. The van der Waals surface area contributed by atoms with Gasteiger partial charge in [-0.15, -0.1) is 11.3 Å². The van der Waals surface area contributed by atoms with E-state index < -0.39 is 0 Å². The lowest BCUT2D eigenvalue weighted by Crippen LogP contribution is -2.45. The highest BCUT2D eigenvalue weighted by Crippen LogP contribution is 2.25. The fourth-order valence-electron chi connectivity index (χ4n) is 1.56. The second kappa shape index (κ2) is 4.47. The van der Waals surface area contributed by atoms with E-state index in [1.807, 2.05) is 43.5 Å². The third kappa shape index (κ3) is 2.84. The Morgan fingerprint density at radius 1 is 1.41 bits per heavy atom. The van der Waals surface area contributed by atoms with Crippen molar-refractivity contribution < 1.29 is 4.79 Å². The van der Waals surface area contributed by atoms with Crippen molar-refractivity contribution in [1.82, 2.24) is 5.32 Å². The summed E-state index contributed by atoms with van der Waals surface area (Å²) in [6.07, 6.45) is 0. The molecule has 0 atom stereocenters. The van der Waals surface area contributed by atoms with E-state index in [1.54, 1.807) is 11.3 Å². The van der Waals surface area contributed by atoms with E-state index in [2.05, 4.69) is 5.32 Å². The molecule has 2 rings (SSSR count). The molecule has 0 radical (unpaired) electrons. The summed E-state index contributed by atoms with van der Waals surface area (Å²) in [5, 5.41) is 5.76. The van der Waals surface area contributed by atoms with Gasteiger partial charge in [0.1, 0.15) is 0 Å². The highest BCUT2D eigenvalue weighted by Gasteiger charge is 2.15. The zero-order chi connectivity index (χ0) is 12.5. The Balaban J connectivity index is 2.20. The van der Waals surface area contributed by atoms with Gasteiger partial charge in [-0.05, 0) is 19.9 Å². The maximum Gasteiger partial charge on any atom is 0.252 e. The van der Waals surface area contributed by atoms with Crippen LogP contribution in [0.15, 0.2) is 29.6 Å². The van der Waals surface area contributed by atoms with E-state index in [-0.39, 0.29) is 11.4 Å². The fourth-order valence-corrected chi connectivity index (χ4v) is 2.50. The van der Waals surface area contributed by atoms with Gasteiger partial charge in [-0.1, -0.05) is 18.2 Å². The van der Waals surface area contributed by atoms with Crippen molar-refractivity contribution >= 4 is 27.3 Å². The fraction of sp³-hybridized carbons (Fsp3) is 0.308. The van der Waals surface area contributed by atoms with Gasteiger partial charge in [0, 0.05) is 27.5 Å². The van der Waals surface area contributed by atoms with Gasteiger partial charge < -0.3 is 11.1 Å². The number of rotatable bonds is 3. The molecule has 0 saturated carbocycles. The van der Waals surface area contributed by atoms with E-state index in [1.165, 1.54) is 0 Å². The quantitative estimate of drug-likeness (QED) is 0.876. The molecule has 0 aliphatic rings. The Bertz CT molecular complexity index is 540. The van der Waals surface area contributed by atoms with E-state index in [0.29, 0.717) is 6.54 Å². The SMILES string of the molecule is CC(C)(N)CNC(=O)c1csc2ccccc12. The average Bonchev–Trinajstić information content (AvgIpc) is 2.68. The summed E-state index contributed by atoms with van der Waals surface area (Å²) in [6.45, 7) is 4.24. The van der Waals surface area contributed by atoms with Gasteiger partial charge in [-0.3, -0.25) is 4.79 Å². The zero-order valence-electron chi connectivity index (χ0n) is 9.99. The maximum atomic E-state index is 12.0. The Morgan fingerprint density at radius 2 is 2.12 bits per heavy atom. The Labute approximate surface area is 105 Å². The molecule has 0 aliphatic heterocycles. The molecule has 3 nitrogen and oxygen atoms in total. The van der Waals surface area contributed by atoms with Crippen LogP contribution < -0.4 is 11.1 Å². The maximum absolute atomic E-state index is 12.0. The van der Waals surface area contributed by atoms with Crippen LogP contribution in [0.1, 0.15) is 24.2 Å². The number of hydrogen-bond donors (Lipinski definition) is 2. The van der Waals surface area contributed by atoms with Gasteiger partial charge in [-0.25, -0.2) is 0 Å². The molecule has 2 aromatic rings. The third-order valence-corrected chi connectivity index (χ3v) is 3.39. The van der Waals surface area contributed by atoms with Crippen LogP contribution in [0.25, 0.3) is 10.1 Å². The molecule has 1 heterocycles. The van der Waals surface area contributed by atoms with Crippen LogP contribution in [0, 0.1) is 0 Å². The summed E-state index contributed by atoms with van der Waals surface area (Å²) in [5.41, 5.74) is 6.18. The molecule has 90 valence electrons. The second-order valence-electron chi connectivity index (χ2n) is 4.82. The van der Waals surface area contributed by atoms with E-state index >= 15 is 0 Å². The minimum Gasteiger partial charge on any atom is -0.350 e. The number of nitrogens with one attached hydrogen (secondary N) is 1. The highest BCUT2D eigenvalue weighted by atomic mass is 32.1. The van der Waals surface area contributed by atoms with Crippen molar-refractivity contribution in [2.75, 3.05) is 6.54 Å². The van der Waals surface area contributed by atoms with Crippen LogP contribution in [-0.2, 0) is 0 Å².